The van der Waals surface area contributed by atoms with E-state index < -0.39 is 0 Å². The van der Waals surface area contributed by atoms with E-state index in [1.54, 1.807) is 6.08 Å². The quantitative estimate of drug-likeness (QED) is 0.291. The van der Waals surface area contributed by atoms with E-state index in [-0.39, 0.29) is 5.78 Å². The molecule has 108 valence electrons. The van der Waals surface area contributed by atoms with Crippen LogP contribution in [-0.2, 0) is 0 Å². The van der Waals surface area contributed by atoms with Crippen molar-refractivity contribution < 1.29 is 4.79 Å². The lowest BCUT2D eigenvalue weighted by Crippen LogP contribution is -1.93. The number of hydrogen-bond donors (Lipinski definition) is 0. The molecule has 0 spiro atoms. The average molecular weight is 296 g/mol. The Kier molecular flexibility index (Phi) is 6.29. The fraction of sp³-hybridized carbons (Fsp3) is 0.211. The van der Waals surface area contributed by atoms with E-state index >= 15 is 0 Å². The highest BCUT2D eigenvalue weighted by Crippen LogP contribution is 2.20. The van der Waals surface area contributed by atoms with Crippen molar-refractivity contribution in [2.75, 3.05) is 5.75 Å². The van der Waals surface area contributed by atoms with Crippen LogP contribution in [0.25, 0.3) is 6.08 Å². The minimum absolute atomic E-state index is 0.0453. The number of ketones is 1. The average Bonchev–Trinajstić information content (AvgIpc) is 2.54. The molecule has 0 aliphatic carbocycles. The molecule has 2 aromatic carbocycles. The smallest absolute Gasteiger partial charge is 0.185 e. The van der Waals surface area contributed by atoms with E-state index in [1.165, 1.54) is 17.7 Å². The first kappa shape index (κ1) is 15.6. The molecule has 0 bridgehead atoms. The second-order valence-corrected chi connectivity index (χ2v) is 6.00. The third kappa shape index (κ3) is 5.24. The molecule has 0 radical (unpaired) electrons. The Morgan fingerprint density at radius 1 is 1.05 bits per heavy atom. The van der Waals surface area contributed by atoms with Gasteiger partial charge in [0, 0.05) is 10.5 Å². The minimum atomic E-state index is 0.0453. The van der Waals surface area contributed by atoms with Gasteiger partial charge in [-0.3, -0.25) is 4.79 Å². The van der Waals surface area contributed by atoms with E-state index in [0.29, 0.717) is 0 Å². The van der Waals surface area contributed by atoms with Crippen molar-refractivity contribution >= 4 is 23.6 Å². The molecule has 0 aliphatic rings. The summed E-state index contributed by atoms with van der Waals surface area (Å²) in [5, 5.41) is 0. The highest BCUT2D eigenvalue weighted by atomic mass is 32.2. The molecule has 0 N–H and O–H groups in total. The molecule has 0 atom stereocenters. The van der Waals surface area contributed by atoms with Crippen LogP contribution >= 0.6 is 11.8 Å². The zero-order chi connectivity index (χ0) is 14.9. The Morgan fingerprint density at radius 3 is 2.43 bits per heavy atom. The summed E-state index contributed by atoms with van der Waals surface area (Å²) in [7, 11) is 0. The van der Waals surface area contributed by atoms with Crippen molar-refractivity contribution in [3.63, 3.8) is 0 Å². The molecule has 21 heavy (non-hydrogen) atoms. The topological polar surface area (TPSA) is 17.1 Å². The molecule has 0 fully saturated rings. The van der Waals surface area contributed by atoms with Gasteiger partial charge in [0.15, 0.2) is 5.78 Å². The molecule has 0 unspecified atom stereocenters. The van der Waals surface area contributed by atoms with Crippen molar-refractivity contribution in [2.24, 2.45) is 0 Å². The Labute approximate surface area is 131 Å². The molecule has 2 rings (SSSR count). The van der Waals surface area contributed by atoms with Crippen LogP contribution in [-0.4, -0.2) is 11.5 Å². The minimum Gasteiger partial charge on any atom is -0.289 e. The second kappa shape index (κ2) is 8.48. The monoisotopic (exact) mass is 296 g/mol. The van der Waals surface area contributed by atoms with E-state index in [9.17, 15) is 4.79 Å². The molecule has 2 heteroatoms. The van der Waals surface area contributed by atoms with Gasteiger partial charge in [0.1, 0.15) is 0 Å². The van der Waals surface area contributed by atoms with Crippen LogP contribution in [0.2, 0.25) is 0 Å². The van der Waals surface area contributed by atoms with E-state index in [0.717, 1.165) is 16.9 Å². The summed E-state index contributed by atoms with van der Waals surface area (Å²) in [4.78, 5) is 13.3. The van der Waals surface area contributed by atoms with E-state index in [1.807, 2.05) is 72.4 Å². The Morgan fingerprint density at radius 2 is 1.76 bits per heavy atom. The van der Waals surface area contributed by atoms with Crippen LogP contribution < -0.4 is 0 Å². The number of hydrogen-bond acceptors (Lipinski definition) is 2. The van der Waals surface area contributed by atoms with Crippen molar-refractivity contribution in [1.29, 1.82) is 0 Å². The Bertz CT molecular complexity index is 585. The lowest BCUT2D eigenvalue weighted by molar-refractivity contribution is 0.104. The van der Waals surface area contributed by atoms with Crippen LogP contribution in [0.1, 0.15) is 35.7 Å². The van der Waals surface area contributed by atoms with Crippen molar-refractivity contribution in [3.8, 4) is 0 Å². The number of unbranched alkanes of at least 4 members (excludes halogenated alkanes) is 1. The number of rotatable bonds is 7. The van der Waals surface area contributed by atoms with Gasteiger partial charge in [0.2, 0.25) is 0 Å². The molecule has 0 heterocycles. The van der Waals surface area contributed by atoms with Gasteiger partial charge < -0.3 is 0 Å². The Balaban J connectivity index is 1.95. The number of thioether (sulfide) groups is 1. The van der Waals surface area contributed by atoms with Crippen LogP contribution in [0.4, 0.5) is 0 Å². The SMILES string of the molecule is CCCCSc1ccc(C(=O)/C=C/c2ccccc2)cc1. The maximum Gasteiger partial charge on any atom is 0.185 e. The van der Waals surface area contributed by atoms with Gasteiger partial charge in [-0.1, -0.05) is 49.8 Å². The number of carbonyl (C=O) groups is 1. The normalized spacial score (nSPS) is 10.9. The molecular weight excluding hydrogens is 276 g/mol. The predicted octanol–water partition coefficient (Wildman–Crippen LogP) is 5.47. The van der Waals surface area contributed by atoms with Crippen molar-refractivity contribution in [2.45, 2.75) is 24.7 Å². The standard InChI is InChI=1S/C19H20OS/c1-2-3-15-21-18-12-10-17(11-13-18)19(20)14-9-16-7-5-4-6-8-16/h4-14H,2-3,15H2,1H3/b14-9+. The van der Waals surface area contributed by atoms with Gasteiger partial charge in [0.05, 0.1) is 0 Å². The Hall–Kier alpha value is -1.80. The number of carbonyl (C=O) groups excluding carboxylic acids is 1. The van der Waals surface area contributed by atoms with E-state index in [2.05, 4.69) is 6.92 Å². The van der Waals surface area contributed by atoms with Gasteiger partial charge in [-0.2, -0.15) is 0 Å². The van der Waals surface area contributed by atoms with Crippen LogP contribution in [0.15, 0.2) is 65.6 Å². The molecule has 0 saturated carbocycles. The summed E-state index contributed by atoms with van der Waals surface area (Å²) in [6.45, 7) is 2.20. The van der Waals surface area contributed by atoms with Crippen LogP contribution in [0.5, 0.6) is 0 Å². The van der Waals surface area contributed by atoms with Gasteiger partial charge in [0.25, 0.3) is 0 Å². The lowest BCUT2D eigenvalue weighted by atomic mass is 10.1. The summed E-state index contributed by atoms with van der Waals surface area (Å²) >= 11 is 1.85. The lowest BCUT2D eigenvalue weighted by Gasteiger charge is -2.01. The molecule has 1 nitrogen and oxygen atoms in total. The van der Waals surface area contributed by atoms with Crippen molar-refractivity contribution in [1.82, 2.24) is 0 Å². The summed E-state index contributed by atoms with van der Waals surface area (Å²) in [6, 6.07) is 17.7. The molecule has 0 amide bonds. The van der Waals surface area contributed by atoms with Gasteiger partial charge in [-0.05, 0) is 48.1 Å². The number of benzene rings is 2. The van der Waals surface area contributed by atoms with Crippen LogP contribution in [0.3, 0.4) is 0 Å². The third-order valence-corrected chi connectivity index (χ3v) is 4.23. The highest BCUT2D eigenvalue weighted by molar-refractivity contribution is 7.99. The fourth-order valence-corrected chi connectivity index (χ4v) is 2.88. The first-order valence-electron chi connectivity index (χ1n) is 7.30. The summed E-state index contributed by atoms with van der Waals surface area (Å²) < 4.78 is 0. The summed E-state index contributed by atoms with van der Waals surface area (Å²) in [6.07, 6.45) is 5.93. The van der Waals surface area contributed by atoms with E-state index in [4.69, 9.17) is 0 Å². The maximum atomic E-state index is 12.1. The maximum absolute atomic E-state index is 12.1. The van der Waals surface area contributed by atoms with Crippen molar-refractivity contribution in [3.05, 3.63) is 71.8 Å². The second-order valence-electron chi connectivity index (χ2n) is 4.83. The molecule has 0 saturated heterocycles. The third-order valence-electron chi connectivity index (χ3n) is 3.13. The molecule has 2 aromatic rings. The summed E-state index contributed by atoms with van der Waals surface area (Å²) in [5.41, 5.74) is 1.78. The van der Waals surface area contributed by atoms with Gasteiger partial charge in [-0.25, -0.2) is 0 Å². The van der Waals surface area contributed by atoms with Gasteiger partial charge >= 0.3 is 0 Å². The zero-order valence-electron chi connectivity index (χ0n) is 12.3. The zero-order valence-corrected chi connectivity index (χ0v) is 13.1. The largest absolute Gasteiger partial charge is 0.289 e. The highest BCUT2D eigenvalue weighted by Gasteiger charge is 2.02. The molecule has 0 aliphatic heterocycles. The van der Waals surface area contributed by atoms with Crippen LogP contribution in [0, 0.1) is 0 Å². The summed E-state index contributed by atoms with van der Waals surface area (Å²) in [5.74, 6) is 1.18. The predicted molar refractivity (Wildman–Crippen MR) is 91.9 cm³/mol. The first-order valence-corrected chi connectivity index (χ1v) is 8.28. The molecular formula is C19H20OS. The first-order chi connectivity index (χ1) is 10.3. The fourth-order valence-electron chi connectivity index (χ4n) is 1.88. The van der Waals surface area contributed by atoms with Gasteiger partial charge in [-0.15, -0.1) is 11.8 Å². The number of allylic oxidation sites excluding steroid dienone is 1. The molecule has 0 aromatic heterocycles.